The van der Waals surface area contributed by atoms with E-state index in [0.29, 0.717) is 5.82 Å². The van der Waals surface area contributed by atoms with E-state index in [1.54, 1.807) is 0 Å². The largest absolute Gasteiger partial charge is 0.348 e. The second kappa shape index (κ2) is 2.73. The van der Waals surface area contributed by atoms with E-state index in [2.05, 4.69) is 15.0 Å². The van der Waals surface area contributed by atoms with Crippen molar-refractivity contribution in [2.24, 2.45) is 7.05 Å². The Hall–Kier alpha value is -1.71. The normalized spacial score (nSPS) is 10.1. The molecular weight excluding hydrogens is 152 g/mol. The maximum absolute atomic E-state index is 4.04. The second-order valence-electron chi connectivity index (χ2n) is 2.47. The molecule has 0 bridgehead atoms. The first-order valence-corrected chi connectivity index (χ1v) is 3.61. The Morgan fingerprint density at radius 2 is 2.00 bits per heavy atom. The zero-order valence-electron chi connectivity index (χ0n) is 6.68. The van der Waals surface area contributed by atoms with Gasteiger partial charge in [-0.05, 0) is 12.1 Å². The van der Waals surface area contributed by atoms with Crippen LogP contribution in [0.5, 0.6) is 0 Å². The first kappa shape index (κ1) is 6.97. The molecule has 0 radical (unpaired) electrons. The molecule has 0 aromatic carbocycles. The van der Waals surface area contributed by atoms with Gasteiger partial charge in [0.05, 0.1) is 5.69 Å². The molecule has 0 amide bonds. The van der Waals surface area contributed by atoms with Crippen LogP contribution in [0.25, 0.3) is 11.5 Å². The summed E-state index contributed by atoms with van der Waals surface area (Å²) < 4.78 is 1.97. The summed E-state index contributed by atoms with van der Waals surface area (Å²) in [6, 6.07) is 3.93. The van der Waals surface area contributed by atoms with Crippen molar-refractivity contribution in [2.75, 3.05) is 0 Å². The van der Waals surface area contributed by atoms with E-state index in [1.807, 2.05) is 29.9 Å². The van der Waals surface area contributed by atoms with Crippen LogP contribution in [0.15, 0.2) is 31.0 Å². The van der Waals surface area contributed by atoms with E-state index in [1.165, 1.54) is 12.7 Å². The van der Waals surface area contributed by atoms with Gasteiger partial charge in [-0.3, -0.25) is 0 Å². The fourth-order valence-corrected chi connectivity index (χ4v) is 1.06. The van der Waals surface area contributed by atoms with Crippen molar-refractivity contribution in [3.63, 3.8) is 0 Å². The van der Waals surface area contributed by atoms with Crippen LogP contribution in [-0.2, 0) is 7.05 Å². The summed E-state index contributed by atoms with van der Waals surface area (Å²) in [5.41, 5.74) is 0.998. The molecule has 0 saturated heterocycles. The monoisotopic (exact) mass is 160 g/mol. The van der Waals surface area contributed by atoms with Crippen LogP contribution in [0.3, 0.4) is 0 Å². The lowest BCUT2D eigenvalue weighted by Crippen LogP contribution is -1.94. The van der Waals surface area contributed by atoms with Crippen LogP contribution >= 0.6 is 0 Å². The van der Waals surface area contributed by atoms with Crippen LogP contribution in [0.1, 0.15) is 0 Å². The second-order valence-corrected chi connectivity index (χ2v) is 2.47. The molecule has 0 fully saturated rings. The van der Waals surface area contributed by atoms with Gasteiger partial charge in [0.1, 0.15) is 12.7 Å². The fraction of sp³-hybridized carbons (Fsp3) is 0.125. The van der Waals surface area contributed by atoms with Gasteiger partial charge in [-0.15, -0.1) is 0 Å². The van der Waals surface area contributed by atoms with E-state index >= 15 is 0 Å². The Morgan fingerprint density at radius 3 is 2.58 bits per heavy atom. The number of nitrogens with zero attached hydrogens (tertiary/aromatic N) is 4. The van der Waals surface area contributed by atoms with Crippen molar-refractivity contribution in [1.29, 1.82) is 0 Å². The lowest BCUT2D eigenvalue weighted by Gasteiger charge is -1.98. The van der Waals surface area contributed by atoms with Gasteiger partial charge in [-0.2, -0.15) is 0 Å². The van der Waals surface area contributed by atoms with Gasteiger partial charge in [-0.1, -0.05) is 0 Å². The van der Waals surface area contributed by atoms with Crippen molar-refractivity contribution in [1.82, 2.24) is 19.5 Å². The maximum Gasteiger partial charge on any atom is 0.179 e. The zero-order valence-corrected chi connectivity index (χ0v) is 6.68. The molecule has 0 aliphatic carbocycles. The third kappa shape index (κ3) is 1.07. The number of aryl methyl sites for hydroxylation is 1. The molecule has 4 heteroatoms. The topological polar surface area (TPSA) is 43.6 Å². The molecule has 0 aliphatic heterocycles. The van der Waals surface area contributed by atoms with E-state index in [9.17, 15) is 0 Å². The number of hydrogen-bond donors (Lipinski definition) is 0. The summed E-state index contributed by atoms with van der Waals surface area (Å²) in [4.78, 5) is 11.8. The molecule has 0 N–H and O–H groups in total. The van der Waals surface area contributed by atoms with Crippen LogP contribution in [-0.4, -0.2) is 19.5 Å². The lowest BCUT2D eigenvalue weighted by atomic mass is 10.4. The molecule has 12 heavy (non-hydrogen) atoms. The predicted molar refractivity (Wildman–Crippen MR) is 44.2 cm³/mol. The van der Waals surface area contributed by atoms with E-state index in [-0.39, 0.29) is 0 Å². The Balaban J connectivity index is 2.51. The van der Waals surface area contributed by atoms with E-state index in [0.717, 1.165) is 5.69 Å². The molecule has 0 aliphatic rings. The molecule has 4 nitrogen and oxygen atoms in total. The highest BCUT2D eigenvalue weighted by molar-refractivity contribution is 5.48. The molecule has 0 spiro atoms. The fourth-order valence-electron chi connectivity index (χ4n) is 1.06. The number of aromatic nitrogens is 4. The molecule has 2 aromatic rings. The maximum atomic E-state index is 4.04. The van der Waals surface area contributed by atoms with Gasteiger partial charge < -0.3 is 4.57 Å². The van der Waals surface area contributed by atoms with Gasteiger partial charge in [0, 0.05) is 13.2 Å². The molecule has 2 aromatic heterocycles. The summed E-state index contributed by atoms with van der Waals surface area (Å²) in [5, 5.41) is 0. The van der Waals surface area contributed by atoms with Gasteiger partial charge in [0.15, 0.2) is 5.82 Å². The van der Waals surface area contributed by atoms with Crippen LogP contribution in [0.4, 0.5) is 0 Å². The first-order chi connectivity index (χ1) is 5.88. The summed E-state index contributed by atoms with van der Waals surface area (Å²) in [6.45, 7) is 0. The van der Waals surface area contributed by atoms with Crippen molar-refractivity contribution in [2.45, 2.75) is 0 Å². The van der Waals surface area contributed by atoms with E-state index in [4.69, 9.17) is 0 Å². The highest BCUT2D eigenvalue weighted by atomic mass is 15.0. The molecule has 0 unspecified atom stereocenters. The highest BCUT2D eigenvalue weighted by Gasteiger charge is 2.01. The minimum absolute atomic E-state index is 0.706. The van der Waals surface area contributed by atoms with Crippen LogP contribution in [0, 0.1) is 0 Å². The molecule has 2 rings (SSSR count). The third-order valence-corrected chi connectivity index (χ3v) is 1.67. The first-order valence-electron chi connectivity index (χ1n) is 3.61. The van der Waals surface area contributed by atoms with Crippen molar-refractivity contribution < 1.29 is 0 Å². The third-order valence-electron chi connectivity index (χ3n) is 1.67. The zero-order chi connectivity index (χ0) is 8.39. The van der Waals surface area contributed by atoms with Crippen molar-refractivity contribution in [3.05, 3.63) is 31.0 Å². The van der Waals surface area contributed by atoms with Crippen LogP contribution in [0.2, 0.25) is 0 Å². The lowest BCUT2D eigenvalue weighted by molar-refractivity contribution is 0.913. The predicted octanol–water partition coefficient (Wildman–Crippen LogP) is 0.877. The Morgan fingerprint density at radius 1 is 1.25 bits per heavy atom. The summed E-state index contributed by atoms with van der Waals surface area (Å²) in [5.74, 6) is 0.706. The van der Waals surface area contributed by atoms with Crippen molar-refractivity contribution in [3.8, 4) is 11.5 Å². The summed E-state index contributed by atoms with van der Waals surface area (Å²) >= 11 is 0. The van der Waals surface area contributed by atoms with Gasteiger partial charge in [0.25, 0.3) is 0 Å². The quantitative estimate of drug-likeness (QED) is 0.622. The average Bonchev–Trinajstić information content (AvgIpc) is 2.53. The molecule has 0 saturated carbocycles. The van der Waals surface area contributed by atoms with Gasteiger partial charge in [0.2, 0.25) is 0 Å². The molecular formula is C8H8N4. The Bertz CT molecular complexity index is 366. The van der Waals surface area contributed by atoms with E-state index < -0.39 is 0 Å². The standard InChI is InChI=1S/C8H8N4/c1-12-4-2-3-7(12)8-10-5-9-6-11-8/h2-6H,1H3. The molecule has 2 heterocycles. The summed E-state index contributed by atoms with van der Waals surface area (Å²) in [7, 11) is 1.96. The average molecular weight is 160 g/mol. The van der Waals surface area contributed by atoms with Gasteiger partial charge in [-0.25, -0.2) is 15.0 Å². The minimum atomic E-state index is 0.706. The molecule has 60 valence electrons. The Labute approximate surface area is 69.9 Å². The van der Waals surface area contributed by atoms with Gasteiger partial charge >= 0.3 is 0 Å². The number of rotatable bonds is 1. The number of hydrogen-bond acceptors (Lipinski definition) is 3. The highest BCUT2D eigenvalue weighted by Crippen LogP contribution is 2.11. The Kier molecular flexibility index (Phi) is 1.59. The summed E-state index contributed by atoms with van der Waals surface area (Å²) in [6.07, 6.45) is 4.95. The SMILES string of the molecule is Cn1cccc1-c1ncncn1. The van der Waals surface area contributed by atoms with Crippen molar-refractivity contribution >= 4 is 0 Å². The van der Waals surface area contributed by atoms with Crippen LogP contribution < -0.4 is 0 Å². The smallest absolute Gasteiger partial charge is 0.179 e. The minimum Gasteiger partial charge on any atom is -0.348 e. The molecule has 0 atom stereocenters.